The van der Waals surface area contributed by atoms with Gasteiger partial charge in [0.25, 0.3) is 5.56 Å². The van der Waals surface area contributed by atoms with Gasteiger partial charge in [-0.3, -0.25) is 19.0 Å². The van der Waals surface area contributed by atoms with Crippen LogP contribution < -0.4 is 5.56 Å². The molecule has 0 saturated carbocycles. The highest BCUT2D eigenvalue weighted by Crippen LogP contribution is 2.23. The average Bonchev–Trinajstić information content (AvgIpc) is 2.64. The number of nitrogens with zero attached hydrogens (tertiary/aromatic N) is 4. The molecule has 4 heterocycles. The van der Waals surface area contributed by atoms with Gasteiger partial charge in [0.1, 0.15) is 0 Å². The van der Waals surface area contributed by atoms with Crippen LogP contribution in [0, 0.1) is 0 Å². The van der Waals surface area contributed by atoms with E-state index >= 15 is 0 Å². The van der Waals surface area contributed by atoms with E-state index in [4.69, 9.17) is 0 Å². The Labute approximate surface area is 151 Å². The predicted octanol–water partition coefficient (Wildman–Crippen LogP) is 1.41. The van der Waals surface area contributed by atoms with Crippen molar-refractivity contribution in [2.24, 2.45) is 0 Å². The predicted molar refractivity (Wildman–Crippen MR) is 100 cm³/mol. The summed E-state index contributed by atoms with van der Waals surface area (Å²) in [5.74, 6) is 2.62. The van der Waals surface area contributed by atoms with Crippen molar-refractivity contribution in [3.63, 3.8) is 0 Å². The van der Waals surface area contributed by atoms with Crippen LogP contribution in [0.15, 0.2) is 29.2 Å². The third-order valence-corrected chi connectivity index (χ3v) is 6.27. The van der Waals surface area contributed by atoms with E-state index in [2.05, 4.69) is 26.5 Å². The van der Waals surface area contributed by atoms with Crippen molar-refractivity contribution in [3.8, 4) is 5.75 Å². The van der Waals surface area contributed by atoms with E-state index < -0.39 is 0 Å². The number of piperazine rings is 1. The average molecular weight is 360 g/mol. The first kappa shape index (κ1) is 16.9. The van der Waals surface area contributed by atoms with E-state index in [0.29, 0.717) is 12.2 Å². The molecule has 2 aromatic heterocycles. The van der Waals surface area contributed by atoms with Gasteiger partial charge < -0.3 is 5.11 Å². The molecule has 1 N–H and O–H groups in total. The smallest absolute Gasteiger partial charge is 0.258 e. The van der Waals surface area contributed by atoms with Crippen LogP contribution in [0.4, 0.5) is 0 Å². The Morgan fingerprint density at radius 1 is 1.20 bits per heavy atom. The summed E-state index contributed by atoms with van der Waals surface area (Å²) in [6.45, 7) is 4.85. The fourth-order valence-electron chi connectivity index (χ4n) is 3.81. The van der Waals surface area contributed by atoms with Gasteiger partial charge in [0, 0.05) is 51.0 Å². The molecule has 0 spiro atoms. The van der Waals surface area contributed by atoms with E-state index in [0.717, 1.165) is 37.9 Å². The minimum Gasteiger partial charge on any atom is -0.504 e. The van der Waals surface area contributed by atoms with Crippen LogP contribution >= 0.6 is 11.8 Å². The molecule has 4 rings (SSSR count). The van der Waals surface area contributed by atoms with E-state index in [1.54, 1.807) is 24.4 Å². The van der Waals surface area contributed by atoms with E-state index in [9.17, 15) is 9.90 Å². The van der Waals surface area contributed by atoms with Crippen LogP contribution in [-0.4, -0.2) is 68.0 Å². The van der Waals surface area contributed by atoms with Gasteiger partial charge in [-0.05, 0) is 36.5 Å². The second-order valence-corrected chi connectivity index (χ2v) is 8.05. The lowest BCUT2D eigenvalue weighted by molar-refractivity contribution is 0.0873. The molecular formula is C18H24N4O2S. The summed E-state index contributed by atoms with van der Waals surface area (Å²) in [6.07, 6.45) is 4.26. The molecule has 2 saturated heterocycles. The second kappa shape index (κ2) is 7.35. The van der Waals surface area contributed by atoms with Crippen LogP contribution in [0.2, 0.25) is 0 Å². The largest absolute Gasteiger partial charge is 0.504 e. The third-order valence-electron chi connectivity index (χ3n) is 5.22. The van der Waals surface area contributed by atoms with Crippen molar-refractivity contribution in [1.29, 1.82) is 0 Å². The number of thioether (sulfide) groups is 1. The molecule has 0 aromatic carbocycles. The van der Waals surface area contributed by atoms with Gasteiger partial charge in [-0.1, -0.05) is 0 Å². The normalized spacial score (nSPS) is 21.0. The SMILES string of the molecule is O=c1cc(CN2CCN(C3CCSCC3)CC2)nc2c(O)cccn12. The molecule has 0 atom stereocenters. The Morgan fingerprint density at radius 3 is 2.72 bits per heavy atom. The topological polar surface area (TPSA) is 61.1 Å². The Morgan fingerprint density at radius 2 is 1.96 bits per heavy atom. The Balaban J connectivity index is 1.42. The van der Waals surface area contributed by atoms with Crippen molar-refractivity contribution in [2.75, 3.05) is 37.7 Å². The molecule has 0 unspecified atom stereocenters. The molecule has 0 amide bonds. The highest BCUT2D eigenvalue weighted by Gasteiger charge is 2.25. The minimum atomic E-state index is -0.144. The van der Waals surface area contributed by atoms with Gasteiger partial charge in [0.15, 0.2) is 11.4 Å². The van der Waals surface area contributed by atoms with Crippen LogP contribution in [0.3, 0.4) is 0 Å². The minimum absolute atomic E-state index is 0.0430. The quantitative estimate of drug-likeness (QED) is 0.893. The zero-order valence-electron chi connectivity index (χ0n) is 14.3. The second-order valence-electron chi connectivity index (χ2n) is 6.83. The molecule has 2 aliphatic heterocycles. The lowest BCUT2D eigenvalue weighted by Crippen LogP contribution is -2.50. The van der Waals surface area contributed by atoms with E-state index in [1.165, 1.54) is 28.7 Å². The van der Waals surface area contributed by atoms with Crippen LogP contribution in [-0.2, 0) is 6.54 Å². The summed E-state index contributed by atoms with van der Waals surface area (Å²) in [6, 6.07) is 5.54. The zero-order chi connectivity index (χ0) is 17.2. The monoisotopic (exact) mass is 360 g/mol. The Hall–Kier alpha value is -1.57. The molecule has 6 nitrogen and oxygen atoms in total. The first-order chi connectivity index (χ1) is 12.2. The fraction of sp³-hybridized carbons (Fsp3) is 0.556. The Kier molecular flexibility index (Phi) is 4.96. The van der Waals surface area contributed by atoms with Crippen molar-refractivity contribution in [2.45, 2.75) is 25.4 Å². The van der Waals surface area contributed by atoms with Gasteiger partial charge in [0.05, 0.1) is 5.69 Å². The van der Waals surface area contributed by atoms with Crippen LogP contribution in [0.1, 0.15) is 18.5 Å². The number of aromatic hydroxyl groups is 1. The Bertz CT molecular complexity index is 795. The molecule has 0 aliphatic carbocycles. The summed E-state index contributed by atoms with van der Waals surface area (Å²) in [5.41, 5.74) is 0.923. The molecule has 25 heavy (non-hydrogen) atoms. The lowest BCUT2D eigenvalue weighted by Gasteiger charge is -2.40. The number of fused-ring (bicyclic) bond motifs is 1. The molecule has 2 fully saturated rings. The summed E-state index contributed by atoms with van der Waals surface area (Å²) in [4.78, 5) is 21.7. The summed E-state index contributed by atoms with van der Waals surface area (Å²) in [5, 5.41) is 9.96. The molecule has 0 bridgehead atoms. The van der Waals surface area contributed by atoms with Crippen molar-refractivity contribution < 1.29 is 5.11 Å². The van der Waals surface area contributed by atoms with Crippen LogP contribution in [0.25, 0.3) is 5.65 Å². The third kappa shape index (κ3) is 3.68. The van der Waals surface area contributed by atoms with Crippen molar-refractivity contribution in [3.05, 3.63) is 40.4 Å². The first-order valence-electron chi connectivity index (χ1n) is 8.95. The number of rotatable bonds is 3. The van der Waals surface area contributed by atoms with Gasteiger partial charge in [-0.25, -0.2) is 4.98 Å². The van der Waals surface area contributed by atoms with Crippen molar-refractivity contribution >= 4 is 17.4 Å². The highest BCUT2D eigenvalue weighted by molar-refractivity contribution is 7.99. The first-order valence-corrected chi connectivity index (χ1v) is 10.1. The number of hydrogen-bond donors (Lipinski definition) is 1. The maximum atomic E-state index is 12.2. The summed E-state index contributed by atoms with van der Waals surface area (Å²) < 4.78 is 1.39. The molecule has 2 aliphatic rings. The number of hydrogen-bond acceptors (Lipinski definition) is 6. The molecule has 0 radical (unpaired) electrons. The van der Waals surface area contributed by atoms with E-state index in [-0.39, 0.29) is 11.3 Å². The van der Waals surface area contributed by atoms with Gasteiger partial charge in [-0.2, -0.15) is 11.8 Å². The standard InChI is InChI=1S/C18H24N4O2S/c23-16-2-1-5-22-17(24)12-14(19-18(16)22)13-20-6-8-21(9-7-20)15-3-10-25-11-4-15/h1-2,5,12,15,23H,3-4,6-11,13H2. The zero-order valence-corrected chi connectivity index (χ0v) is 15.1. The summed E-state index contributed by atoms with van der Waals surface area (Å²) in [7, 11) is 0. The lowest BCUT2D eigenvalue weighted by atomic mass is 10.1. The summed E-state index contributed by atoms with van der Waals surface area (Å²) >= 11 is 2.07. The number of aromatic nitrogens is 2. The molecule has 134 valence electrons. The van der Waals surface area contributed by atoms with Crippen LogP contribution in [0.5, 0.6) is 5.75 Å². The molecule has 2 aromatic rings. The van der Waals surface area contributed by atoms with E-state index in [1.807, 2.05) is 0 Å². The van der Waals surface area contributed by atoms with Gasteiger partial charge in [-0.15, -0.1) is 0 Å². The number of pyridine rings is 1. The van der Waals surface area contributed by atoms with Gasteiger partial charge >= 0.3 is 0 Å². The van der Waals surface area contributed by atoms with Gasteiger partial charge in [0.2, 0.25) is 0 Å². The maximum Gasteiger partial charge on any atom is 0.258 e. The highest BCUT2D eigenvalue weighted by atomic mass is 32.2. The molecular weight excluding hydrogens is 336 g/mol. The fourth-order valence-corrected chi connectivity index (χ4v) is 4.89. The van der Waals surface area contributed by atoms with Crippen molar-refractivity contribution in [1.82, 2.24) is 19.2 Å². The molecule has 7 heteroatoms. The maximum absolute atomic E-state index is 12.2.